The molecule has 0 saturated heterocycles. The lowest BCUT2D eigenvalue weighted by Crippen LogP contribution is -2.28. The summed E-state index contributed by atoms with van der Waals surface area (Å²) in [5.41, 5.74) is 5.91. The van der Waals surface area contributed by atoms with E-state index in [9.17, 15) is 4.79 Å². The van der Waals surface area contributed by atoms with Crippen molar-refractivity contribution in [1.29, 1.82) is 0 Å². The number of nitrogens with one attached hydrogen (secondary N) is 1. The van der Waals surface area contributed by atoms with Gasteiger partial charge in [0.05, 0.1) is 17.3 Å². The van der Waals surface area contributed by atoms with Gasteiger partial charge in [0, 0.05) is 17.8 Å². The smallest absolute Gasteiger partial charge is 0.335 e. The van der Waals surface area contributed by atoms with Crippen molar-refractivity contribution in [1.82, 2.24) is 0 Å². The number of carbonyl (C=O) groups is 1. The molecular weight excluding hydrogens is 372 g/mol. The average molecular weight is 394 g/mol. The maximum atomic E-state index is 10.9. The second-order valence-corrected chi connectivity index (χ2v) is 7.84. The summed E-state index contributed by atoms with van der Waals surface area (Å²) in [7, 11) is 0. The Hall–Kier alpha value is -3.66. The van der Waals surface area contributed by atoms with Crippen LogP contribution in [0.15, 0.2) is 89.9 Å². The van der Waals surface area contributed by atoms with Crippen molar-refractivity contribution < 1.29 is 9.90 Å². The quantitative estimate of drug-likeness (QED) is 0.424. The van der Waals surface area contributed by atoms with Crippen molar-refractivity contribution >= 4 is 23.6 Å². The van der Waals surface area contributed by atoms with Crippen LogP contribution >= 0.6 is 0 Å². The minimum Gasteiger partial charge on any atom is -0.478 e. The normalized spacial score (nSPS) is 21.8. The zero-order valence-corrected chi connectivity index (χ0v) is 16.4. The highest BCUT2D eigenvalue weighted by molar-refractivity contribution is 5.89. The van der Waals surface area contributed by atoms with Gasteiger partial charge in [0.25, 0.3) is 0 Å². The first-order valence-electron chi connectivity index (χ1n) is 10.2. The number of aromatic carboxylic acids is 1. The summed E-state index contributed by atoms with van der Waals surface area (Å²) >= 11 is 0. The fourth-order valence-electron chi connectivity index (χ4n) is 4.50. The Labute approximate surface area is 175 Å². The van der Waals surface area contributed by atoms with Crippen molar-refractivity contribution in [3.8, 4) is 0 Å². The number of hydrogen-bond acceptors (Lipinski definition) is 3. The van der Waals surface area contributed by atoms with E-state index in [0.29, 0.717) is 11.8 Å². The number of aliphatic imine (C=N–C) groups is 1. The molecule has 3 atom stereocenters. The van der Waals surface area contributed by atoms with Gasteiger partial charge in [0.2, 0.25) is 0 Å². The molecule has 0 radical (unpaired) electrons. The van der Waals surface area contributed by atoms with E-state index in [1.54, 1.807) is 30.5 Å². The first kappa shape index (κ1) is 18.4. The first-order chi connectivity index (χ1) is 14.7. The number of benzene rings is 3. The molecule has 30 heavy (non-hydrogen) atoms. The molecule has 2 N–H and O–H groups in total. The van der Waals surface area contributed by atoms with E-state index in [1.165, 1.54) is 16.8 Å². The Balaban J connectivity index is 1.34. The SMILES string of the molecule is O=C(O)c1ccc(C=Nc2ccc([C@@H]3Nc4ccccc4[C@@H]4C=CC[C@H]43)cc2)cc1. The lowest BCUT2D eigenvalue weighted by Gasteiger charge is -2.37. The third-order valence-corrected chi connectivity index (χ3v) is 6.04. The summed E-state index contributed by atoms with van der Waals surface area (Å²) < 4.78 is 0. The average Bonchev–Trinajstić information content (AvgIpc) is 3.28. The van der Waals surface area contributed by atoms with Gasteiger partial charge in [-0.25, -0.2) is 4.79 Å². The molecule has 148 valence electrons. The predicted molar refractivity (Wildman–Crippen MR) is 120 cm³/mol. The number of nitrogens with zero attached hydrogens (tertiary/aromatic N) is 1. The number of rotatable bonds is 4. The molecule has 5 rings (SSSR count). The van der Waals surface area contributed by atoms with Gasteiger partial charge < -0.3 is 10.4 Å². The summed E-state index contributed by atoms with van der Waals surface area (Å²) in [6.07, 6.45) is 7.50. The van der Waals surface area contributed by atoms with E-state index >= 15 is 0 Å². The minimum atomic E-state index is -0.923. The van der Waals surface area contributed by atoms with Crippen LogP contribution < -0.4 is 5.32 Å². The number of allylic oxidation sites excluding steroid dienone is 2. The first-order valence-corrected chi connectivity index (χ1v) is 10.2. The number of para-hydroxylation sites is 1. The number of hydrogen-bond donors (Lipinski definition) is 2. The van der Waals surface area contributed by atoms with Crippen molar-refractivity contribution in [2.24, 2.45) is 10.9 Å². The van der Waals surface area contributed by atoms with Crippen LogP contribution in [0.4, 0.5) is 11.4 Å². The fourth-order valence-corrected chi connectivity index (χ4v) is 4.50. The predicted octanol–water partition coefficient (Wildman–Crippen LogP) is 5.96. The molecule has 4 heteroatoms. The number of fused-ring (bicyclic) bond motifs is 3. The number of carboxylic acids is 1. The van der Waals surface area contributed by atoms with E-state index in [1.807, 2.05) is 12.1 Å². The van der Waals surface area contributed by atoms with Gasteiger partial charge >= 0.3 is 5.97 Å². The Kier molecular flexibility index (Phi) is 4.68. The van der Waals surface area contributed by atoms with Gasteiger partial charge in [-0.15, -0.1) is 0 Å². The standard InChI is InChI=1S/C26H22N2O2/c29-26(30)19-10-8-17(9-11-19)16-27-20-14-12-18(13-15-20)25-23-6-3-5-21(23)22-4-1-2-7-24(22)28-25/h1-5,7-16,21,23,25,28H,6H2,(H,29,30)/t21-,23+,25-/m0/s1. The van der Waals surface area contributed by atoms with Crippen LogP contribution in [0.1, 0.15) is 45.4 Å². The second-order valence-electron chi connectivity index (χ2n) is 7.84. The lowest BCUT2D eigenvalue weighted by atomic mass is 9.77. The van der Waals surface area contributed by atoms with Gasteiger partial charge in [0.1, 0.15) is 0 Å². The van der Waals surface area contributed by atoms with Crippen LogP contribution in [-0.2, 0) is 0 Å². The van der Waals surface area contributed by atoms with Gasteiger partial charge in [0.15, 0.2) is 0 Å². The maximum Gasteiger partial charge on any atom is 0.335 e. The van der Waals surface area contributed by atoms with Gasteiger partial charge in [-0.3, -0.25) is 4.99 Å². The lowest BCUT2D eigenvalue weighted by molar-refractivity contribution is 0.0697. The Morgan fingerprint density at radius 1 is 1.00 bits per heavy atom. The summed E-state index contributed by atoms with van der Waals surface area (Å²) in [4.78, 5) is 15.5. The number of carboxylic acid groups (broad SMARTS) is 1. The Morgan fingerprint density at radius 2 is 1.77 bits per heavy atom. The van der Waals surface area contributed by atoms with Crippen molar-refractivity contribution in [2.45, 2.75) is 18.4 Å². The van der Waals surface area contributed by atoms with Gasteiger partial charge in [-0.2, -0.15) is 0 Å². The molecule has 0 amide bonds. The molecule has 3 aromatic rings. The molecule has 0 unspecified atom stereocenters. The van der Waals surface area contributed by atoms with Gasteiger partial charge in [-0.05, 0) is 59.4 Å². The molecule has 0 saturated carbocycles. The molecule has 1 heterocycles. The van der Waals surface area contributed by atoms with E-state index < -0.39 is 5.97 Å². The zero-order valence-electron chi connectivity index (χ0n) is 16.4. The van der Waals surface area contributed by atoms with Crippen LogP contribution in [-0.4, -0.2) is 17.3 Å². The van der Waals surface area contributed by atoms with Crippen molar-refractivity contribution in [3.63, 3.8) is 0 Å². The molecule has 0 fully saturated rings. The van der Waals surface area contributed by atoms with Crippen LogP contribution in [0.5, 0.6) is 0 Å². The van der Waals surface area contributed by atoms with E-state index in [-0.39, 0.29) is 11.6 Å². The van der Waals surface area contributed by atoms with Crippen molar-refractivity contribution in [3.05, 3.63) is 107 Å². The van der Waals surface area contributed by atoms with Gasteiger partial charge in [-0.1, -0.05) is 54.6 Å². The second kappa shape index (κ2) is 7.64. The molecular formula is C26H22N2O2. The molecule has 0 bridgehead atoms. The van der Waals surface area contributed by atoms with Crippen LogP contribution in [0.25, 0.3) is 0 Å². The molecule has 2 aliphatic rings. The topological polar surface area (TPSA) is 61.7 Å². The Morgan fingerprint density at radius 3 is 2.53 bits per heavy atom. The summed E-state index contributed by atoms with van der Waals surface area (Å²) in [5, 5.41) is 12.7. The maximum absolute atomic E-state index is 10.9. The highest BCUT2D eigenvalue weighted by Crippen LogP contribution is 2.49. The largest absolute Gasteiger partial charge is 0.478 e. The molecule has 1 aliphatic heterocycles. The highest BCUT2D eigenvalue weighted by atomic mass is 16.4. The molecule has 0 spiro atoms. The van der Waals surface area contributed by atoms with Crippen molar-refractivity contribution in [2.75, 3.05) is 5.32 Å². The molecule has 0 aromatic heterocycles. The third kappa shape index (κ3) is 3.41. The number of anilines is 1. The fraction of sp³-hybridized carbons (Fsp3) is 0.154. The zero-order chi connectivity index (χ0) is 20.5. The minimum absolute atomic E-state index is 0.276. The summed E-state index contributed by atoms with van der Waals surface area (Å²) in [6.45, 7) is 0. The van der Waals surface area contributed by atoms with Crippen LogP contribution in [0.3, 0.4) is 0 Å². The molecule has 1 aliphatic carbocycles. The highest BCUT2D eigenvalue weighted by Gasteiger charge is 2.37. The van der Waals surface area contributed by atoms with E-state index in [2.05, 4.69) is 58.9 Å². The molecule has 4 nitrogen and oxygen atoms in total. The van der Waals surface area contributed by atoms with E-state index in [4.69, 9.17) is 5.11 Å². The summed E-state index contributed by atoms with van der Waals surface area (Å²) in [6, 6.07) is 24.0. The monoisotopic (exact) mass is 394 g/mol. The molecule has 3 aromatic carbocycles. The third-order valence-electron chi connectivity index (χ3n) is 6.04. The van der Waals surface area contributed by atoms with Crippen LogP contribution in [0, 0.1) is 5.92 Å². The Bertz CT molecular complexity index is 1130. The van der Waals surface area contributed by atoms with Crippen LogP contribution in [0.2, 0.25) is 0 Å². The summed E-state index contributed by atoms with van der Waals surface area (Å²) in [5.74, 6) is 0.0775. The van der Waals surface area contributed by atoms with E-state index in [0.717, 1.165) is 17.7 Å².